The summed E-state index contributed by atoms with van der Waals surface area (Å²) in [6.45, 7) is 4.30. The average molecular weight is 369 g/mol. The first-order chi connectivity index (χ1) is 12.4. The Labute approximate surface area is 157 Å². The molecule has 2 saturated carbocycles. The number of esters is 2. The molecule has 0 atom stereocenters. The van der Waals surface area contributed by atoms with Crippen molar-refractivity contribution in [3.63, 3.8) is 0 Å². The van der Waals surface area contributed by atoms with Gasteiger partial charge in [0, 0.05) is 12.8 Å². The molecule has 0 radical (unpaired) electrons. The predicted octanol–water partition coefficient (Wildman–Crippen LogP) is 3.87. The van der Waals surface area contributed by atoms with E-state index in [-0.39, 0.29) is 25.2 Å². The van der Waals surface area contributed by atoms with Gasteiger partial charge in [0.1, 0.15) is 19.3 Å². The molecule has 5 heteroatoms. The molecule has 26 heavy (non-hydrogen) atoms. The van der Waals surface area contributed by atoms with Crippen LogP contribution in [-0.4, -0.2) is 36.4 Å². The van der Waals surface area contributed by atoms with Gasteiger partial charge in [0.15, 0.2) is 0 Å². The SMILES string of the molecule is CC1CCC(CC(=O)OCC(O)COC(=O)CC2CCC(C)CC2)CC1. The van der Waals surface area contributed by atoms with Crippen LogP contribution in [0.2, 0.25) is 0 Å². The highest BCUT2D eigenvalue weighted by atomic mass is 16.6. The summed E-state index contributed by atoms with van der Waals surface area (Å²) in [6, 6.07) is 0. The molecule has 2 aliphatic rings. The summed E-state index contributed by atoms with van der Waals surface area (Å²) in [5.74, 6) is 1.82. The number of rotatable bonds is 8. The van der Waals surface area contributed by atoms with Gasteiger partial charge >= 0.3 is 11.9 Å². The summed E-state index contributed by atoms with van der Waals surface area (Å²) >= 11 is 0. The number of hydrogen-bond acceptors (Lipinski definition) is 5. The maximum absolute atomic E-state index is 11.9. The minimum atomic E-state index is -0.944. The number of aliphatic hydroxyl groups is 1. The van der Waals surface area contributed by atoms with E-state index in [1.807, 2.05) is 0 Å². The van der Waals surface area contributed by atoms with Crippen molar-refractivity contribution >= 4 is 11.9 Å². The smallest absolute Gasteiger partial charge is 0.306 e. The Morgan fingerprint density at radius 3 is 1.46 bits per heavy atom. The molecule has 0 saturated heterocycles. The first kappa shape index (κ1) is 21.2. The van der Waals surface area contributed by atoms with E-state index in [0.29, 0.717) is 24.7 Å². The molecule has 0 aromatic rings. The van der Waals surface area contributed by atoms with Gasteiger partial charge in [0.25, 0.3) is 0 Å². The van der Waals surface area contributed by atoms with Crippen LogP contribution in [0.25, 0.3) is 0 Å². The van der Waals surface area contributed by atoms with Gasteiger partial charge in [-0.15, -0.1) is 0 Å². The van der Waals surface area contributed by atoms with Crippen molar-refractivity contribution in [1.82, 2.24) is 0 Å². The van der Waals surface area contributed by atoms with Gasteiger partial charge in [0.2, 0.25) is 0 Å². The van der Waals surface area contributed by atoms with E-state index in [1.165, 1.54) is 25.7 Å². The molecule has 0 bridgehead atoms. The fourth-order valence-electron chi connectivity index (χ4n) is 4.08. The largest absolute Gasteiger partial charge is 0.463 e. The van der Waals surface area contributed by atoms with E-state index in [9.17, 15) is 14.7 Å². The zero-order valence-electron chi connectivity index (χ0n) is 16.5. The highest BCUT2D eigenvalue weighted by Gasteiger charge is 2.23. The number of aliphatic hydroxyl groups excluding tert-OH is 1. The zero-order valence-corrected chi connectivity index (χ0v) is 16.5. The third-order valence-corrected chi connectivity index (χ3v) is 6.05. The summed E-state index contributed by atoms with van der Waals surface area (Å²) in [4.78, 5) is 23.8. The second kappa shape index (κ2) is 10.9. The second-order valence-corrected chi connectivity index (χ2v) is 8.68. The second-order valence-electron chi connectivity index (χ2n) is 8.68. The summed E-state index contributed by atoms with van der Waals surface area (Å²) in [7, 11) is 0. The van der Waals surface area contributed by atoms with E-state index in [4.69, 9.17) is 9.47 Å². The molecule has 150 valence electrons. The van der Waals surface area contributed by atoms with Crippen molar-refractivity contribution in [2.75, 3.05) is 13.2 Å². The summed E-state index contributed by atoms with van der Waals surface area (Å²) in [5.41, 5.74) is 0. The number of carbonyl (C=O) groups is 2. The highest BCUT2D eigenvalue weighted by molar-refractivity contribution is 5.70. The summed E-state index contributed by atoms with van der Waals surface area (Å²) < 4.78 is 10.3. The first-order valence-corrected chi connectivity index (χ1v) is 10.4. The Balaban J connectivity index is 1.53. The molecule has 0 aromatic heterocycles. The summed E-state index contributed by atoms with van der Waals surface area (Å²) in [5, 5.41) is 9.87. The van der Waals surface area contributed by atoms with Gasteiger partial charge in [-0.3, -0.25) is 9.59 Å². The van der Waals surface area contributed by atoms with Crippen molar-refractivity contribution in [3.05, 3.63) is 0 Å². The third kappa shape index (κ3) is 8.07. The third-order valence-electron chi connectivity index (χ3n) is 6.05. The minimum absolute atomic E-state index is 0.101. The maximum atomic E-state index is 11.9. The van der Waals surface area contributed by atoms with Gasteiger partial charge in [-0.05, 0) is 49.4 Å². The Hall–Kier alpha value is -1.10. The topological polar surface area (TPSA) is 72.8 Å². The van der Waals surface area contributed by atoms with E-state index >= 15 is 0 Å². The van der Waals surface area contributed by atoms with E-state index < -0.39 is 6.10 Å². The number of carbonyl (C=O) groups excluding carboxylic acids is 2. The molecule has 0 unspecified atom stereocenters. The van der Waals surface area contributed by atoms with Crippen molar-refractivity contribution < 1.29 is 24.2 Å². The zero-order chi connectivity index (χ0) is 18.9. The van der Waals surface area contributed by atoms with E-state index in [1.54, 1.807) is 0 Å². The molecule has 0 aliphatic heterocycles. The van der Waals surface area contributed by atoms with Gasteiger partial charge < -0.3 is 14.6 Å². The molecule has 0 spiro atoms. The fraction of sp³-hybridized carbons (Fsp3) is 0.905. The van der Waals surface area contributed by atoms with Crippen molar-refractivity contribution in [2.45, 2.75) is 84.2 Å². The molecular formula is C21H36O5. The van der Waals surface area contributed by atoms with Crippen molar-refractivity contribution in [1.29, 1.82) is 0 Å². The standard InChI is InChI=1S/C21H36O5/c1-15-3-7-17(8-4-15)11-20(23)25-13-19(22)14-26-21(24)12-18-9-5-16(2)6-10-18/h15-19,22H,3-14H2,1-2H3. The van der Waals surface area contributed by atoms with Crippen LogP contribution in [0.4, 0.5) is 0 Å². The van der Waals surface area contributed by atoms with Crippen LogP contribution < -0.4 is 0 Å². The monoisotopic (exact) mass is 368 g/mol. The van der Waals surface area contributed by atoms with Crippen LogP contribution in [0.1, 0.15) is 78.1 Å². The number of hydrogen-bond donors (Lipinski definition) is 1. The van der Waals surface area contributed by atoms with Crippen LogP contribution in [0.15, 0.2) is 0 Å². The average Bonchev–Trinajstić information content (AvgIpc) is 2.62. The van der Waals surface area contributed by atoms with Crippen LogP contribution in [0.5, 0.6) is 0 Å². The van der Waals surface area contributed by atoms with Crippen LogP contribution in [-0.2, 0) is 19.1 Å². The number of ether oxygens (including phenoxy) is 2. The Morgan fingerprint density at radius 1 is 0.769 bits per heavy atom. The predicted molar refractivity (Wildman–Crippen MR) is 99.4 cm³/mol. The molecular weight excluding hydrogens is 332 g/mol. The Kier molecular flexibility index (Phi) is 8.89. The van der Waals surface area contributed by atoms with E-state index in [2.05, 4.69) is 13.8 Å². The Bertz CT molecular complexity index is 394. The van der Waals surface area contributed by atoms with Gasteiger partial charge in [-0.25, -0.2) is 0 Å². The molecule has 0 heterocycles. The first-order valence-electron chi connectivity index (χ1n) is 10.4. The molecule has 1 N–H and O–H groups in total. The Morgan fingerprint density at radius 2 is 1.12 bits per heavy atom. The van der Waals surface area contributed by atoms with Gasteiger partial charge in [0.05, 0.1) is 0 Å². The molecule has 2 fully saturated rings. The summed E-state index contributed by atoms with van der Waals surface area (Å²) in [6.07, 6.45) is 8.94. The highest BCUT2D eigenvalue weighted by Crippen LogP contribution is 2.31. The van der Waals surface area contributed by atoms with Gasteiger partial charge in [-0.2, -0.15) is 0 Å². The van der Waals surface area contributed by atoms with Crippen molar-refractivity contribution in [2.24, 2.45) is 23.7 Å². The van der Waals surface area contributed by atoms with Gasteiger partial charge in [-0.1, -0.05) is 39.5 Å². The van der Waals surface area contributed by atoms with E-state index in [0.717, 1.165) is 37.5 Å². The molecule has 2 rings (SSSR count). The lowest BCUT2D eigenvalue weighted by molar-refractivity contribution is -0.153. The molecule has 5 nitrogen and oxygen atoms in total. The normalized spacial score (nSPS) is 30.4. The van der Waals surface area contributed by atoms with Crippen LogP contribution >= 0.6 is 0 Å². The lowest BCUT2D eigenvalue weighted by Gasteiger charge is -2.25. The maximum Gasteiger partial charge on any atom is 0.306 e. The van der Waals surface area contributed by atoms with Crippen LogP contribution in [0.3, 0.4) is 0 Å². The van der Waals surface area contributed by atoms with Crippen LogP contribution in [0, 0.1) is 23.7 Å². The molecule has 0 aromatic carbocycles. The molecule has 2 aliphatic carbocycles. The fourth-order valence-corrected chi connectivity index (χ4v) is 4.08. The quantitative estimate of drug-likeness (QED) is 0.659. The minimum Gasteiger partial charge on any atom is -0.463 e. The lowest BCUT2D eigenvalue weighted by atomic mass is 9.81. The van der Waals surface area contributed by atoms with Crippen molar-refractivity contribution in [3.8, 4) is 0 Å². The lowest BCUT2D eigenvalue weighted by Crippen LogP contribution is -2.27. The molecule has 0 amide bonds.